The van der Waals surface area contributed by atoms with Gasteiger partial charge < -0.3 is 15.2 Å². The third-order valence-corrected chi connectivity index (χ3v) is 2.13. The van der Waals surface area contributed by atoms with E-state index in [0.717, 1.165) is 5.75 Å². The van der Waals surface area contributed by atoms with Crippen molar-refractivity contribution < 1.29 is 9.47 Å². The molecule has 1 atom stereocenters. The largest absolute Gasteiger partial charge is 0.494 e. The Bertz CT molecular complexity index is 335. The zero-order valence-electron chi connectivity index (χ0n) is 9.69. The van der Waals surface area contributed by atoms with Crippen LogP contribution < -0.4 is 15.2 Å². The number of nitrogens with two attached hydrogens (primary N) is 1. The van der Waals surface area contributed by atoms with Crippen LogP contribution in [0.25, 0.3) is 0 Å². The summed E-state index contributed by atoms with van der Waals surface area (Å²) in [5, 5.41) is 7.34. The molecule has 1 aromatic rings. The van der Waals surface area contributed by atoms with Crippen LogP contribution in [-0.2, 0) is 0 Å². The number of ether oxygens (including phenoxy) is 2. The van der Waals surface area contributed by atoms with Gasteiger partial charge in [-0.3, -0.25) is 5.41 Å². The zero-order valence-corrected chi connectivity index (χ0v) is 9.69. The minimum Gasteiger partial charge on any atom is -0.494 e. The van der Waals surface area contributed by atoms with Gasteiger partial charge in [-0.25, -0.2) is 0 Å². The Balaban J connectivity index is 2.63. The van der Waals surface area contributed by atoms with E-state index in [2.05, 4.69) is 0 Å². The summed E-state index contributed by atoms with van der Waals surface area (Å²) < 4.78 is 10.9. The van der Waals surface area contributed by atoms with Crippen molar-refractivity contribution in [2.75, 3.05) is 6.61 Å². The highest BCUT2D eigenvalue weighted by Crippen LogP contribution is 2.19. The Morgan fingerprint density at radius 3 is 2.25 bits per heavy atom. The van der Waals surface area contributed by atoms with E-state index in [9.17, 15) is 0 Å². The molecule has 1 aromatic carbocycles. The molecule has 0 aromatic heterocycles. The van der Waals surface area contributed by atoms with E-state index in [1.165, 1.54) is 0 Å². The lowest BCUT2D eigenvalue weighted by Crippen LogP contribution is -2.32. The maximum Gasteiger partial charge on any atom is 0.155 e. The monoisotopic (exact) mass is 222 g/mol. The summed E-state index contributed by atoms with van der Waals surface area (Å²) in [6, 6.07) is 7.31. The van der Waals surface area contributed by atoms with Crippen molar-refractivity contribution in [1.82, 2.24) is 0 Å². The number of nitrogens with one attached hydrogen (secondary N) is 1. The Labute approximate surface area is 95.9 Å². The van der Waals surface area contributed by atoms with Gasteiger partial charge in [-0.05, 0) is 37.6 Å². The summed E-state index contributed by atoms with van der Waals surface area (Å²) >= 11 is 0. The molecule has 0 saturated heterocycles. The molecular formula is C12H18N2O2. The molecule has 4 nitrogen and oxygen atoms in total. The second-order valence-corrected chi connectivity index (χ2v) is 3.37. The average Bonchev–Trinajstić information content (AvgIpc) is 2.28. The van der Waals surface area contributed by atoms with E-state index in [4.69, 9.17) is 20.6 Å². The van der Waals surface area contributed by atoms with E-state index in [0.29, 0.717) is 18.8 Å². The zero-order chi connectivity index (χ0) is 12.0. The maximum atomic E-state index is 7.34. The summed E-state index contributed by atoms with van der Waals surface area (Å²) in [6.45, 7) is 4.51. The van der Waals surface area contributed by atoms with Gasteiger partial charge in [-0.15, -0.1) is 0 Å². The van der Waals surface area contributed by atoms with Gasteiger partial charge in [0.2, 0.25) is 0 Å². The van der Waals surface area contributed by atoms with Crippen molar-refractivity contribution in [2.24, 2.45) is 5.73 Å². The lowest BCUT2D eigenvalue weighted by atomic mass is 10.2. The van der Waals surface area contributed by atoms with Gasteiger partial charge in [-0.1, -0.05) is 6.92 Å². The SMILES string of the molecule is CCOc1ccc(OC(CC)C(=N)N)cc1. The van der Waals surface area contributed by atoms with Crippen molar-refractivity contribution in [3.8, 4) is 11.5 Å². The summed E-state index contributed by atoms with van der Waals surface area (Å²) in [4.78, 5) is 0. The topological polar surface area (TPSA) is 68.3 Å². The van der Waals surface area contributed by atoms with Crippen LogP contribution in [0.5, 0.6) is 11.5 Å². The van der Waals surface area contributed by atoms with Gasteiger partial charge in [0, 0.05) is 0 Å². The molecule has 3 N–H and O–H groups in total. The maximum absolute atomic E-state index is 7.34. The van der Waals surface area contributed by atoms with Crippen LogP contribution in [-0.4, -0.2) is 18.5 Å². The van der Waals surface area contributed by atoms with Crippen LogP contribution in [0.1, 0.15) is 20.3 Å². The molecular weight excluding hydrogens is 204 g/mol. The first kappa shape index (κ1) is 12.4. The standard InChI is InChI=1S/C12H18N2O2/c1-3-11(12(13)14)16-10-7-5-9(6-8-10)15-4-2/h5-8,11H,3-4H2,1-2H3,(H3,13,14). The fourth-order valence-electron chi connectivity index (χ4n) is 1.31. The molecule has 0 aliphatic carbocycles. The lowest BCUT2D eigenvalue weighted by molar-refractivity contribution is 0.259. The molecule has 1 unspecified atom stereocenters. The van der Waals surface area contributed by atoms with E-state index < -0.39 is 0 Å². The number of hydrogen-bond donors (Lipinski definition) is 2. The van der Waals surface area contributed by atoms with Gasteiger partial charge in [-0.2, -0.15) is 0 Å². The molecule has 16 heavy (non-hydrogen) atoms. The predicted molar refractivity (Wildman–Crippen MR) is 64.2 cm³/mol. The van der Waals surface area contributed by atoms with Crippen molar-refractivity contribution in [3.05, 3.63) is 24.3 Å². The number of benzene rings is 1. The molecule has 0 bridgehead atoms. The second-order valence-electron chi connectivity index (χ2n) is 3.37. The molecule has 0 amide bonds. The predicted octanol–water partition coefficient (Wildman–Crippen LogP) is 2.18. The molecule has 0 aliphatic rings. The van der Waals surface area contributed by atoms with Crippen LogP contribution in [0.4, 0.5) is 0 Å². The molecule has 1 rings (SSSR count). The molecule has 0 spiro atoms. The van der Waals surface area contributed by atoms with Crippen LogP contribution >= 0.6 is 0 Å². The third-order valence-electron chi connectivity index (χ3n) is 2.13. The normalized spacial score (nSPS) is 11.9. The molecule has 88 valence electrons. The van der Waals surface area contributed by atoms with Gasteiger partial charge in [0.15, 0.2) is 6.10 Å². The van der Waals surface area contributed by atoms with Gasteiger partial charge in [0.1, 0.15) is 17.3 Å². The number of hydrogen-bond acceptors (Lipinski definition) is 3. The van der Waals surface area contributed by atoms with E-state index in [-0.39, 0.29) is 11.9 Å². The van der Waals surface area contributed by atoms with E-state index >= 15 is 0 Å². The second kappa shape index (κ2) is 6.00. The molecule has 0 heterocycles. The first-order valence-corrected chi connectivity index (χ1v) is 5.40. The van der Waals surface area contributed by atoms with Gasteiger partial charge in [0.25, 0.3) is 0 Å². The highest BCUT2D eigenvalue weighted by atomic mass is 16.5. The Morgan fingerprint density at radius 2 is 1.81 bits per heavy atom. The van der Waals surface area contributed by atoms with Gasteiger partial charge in [0.05, 0.1) is 6.61 Å². The van der Waals surface area contributed by atoms with Crippen LogP contribution in [0.3, 0.4) is 0 Å². The minimum absolute atomic E-state index is 0.0522. The van der Waals surface area contributed by atoms with Crippen LogP contribution in [0.2, 0.25) is 0 Å². The Morgan fingerprint density at radius 1 is 1.25 bits per heavy atom. The molecule has 4 heteroatoms. The lowest BCUT2D eigenvalue weighted by Gasteiger charge is -2.16. The third kappa shape index (κ3) is 3.46. The molecule has 0 fully saturated rings. The van der Waals surface area contributed by atoms with Crippen LogP contribution in [0.15, 0.2) is 24.3 Å². The highest BCUT2D eigenvalue weighted by molar-refractivity contribution is 5.81. The fraction of sp³-hybridized carbons (Fsp3) is 0.417. The minimum atomic E-state index is -0.349. The van der Waals surface area contributed by atoms with Crippen molar-refractivity contribution in [3.63, 3.8) is 0 Å². The summed E-state index contributed by atoms with van der Waals surface area (Å²) in [5.41, 5.74) is 5.41. The fourth-order valence-corrected chi connectivity index (χ4v) is 1.31. The van der Waals surface area contributed by atoms with Crippen LogP contribution in [0, 0.1) is 5.41 Å². The molecule has 0 radical (unpaired) electrons. The Hall–Kier alpha value is -1.71. The number of amidine groups is 1. The van der Waals surface area contributed by atoms with Crippen molar-refractivity contribution >= 4 is 5.84 Å². The number of rotatable bonds is 6. The highest BCUT2D eigenvalue weighted by Gasteiger charge is 2.10. The van der Waals surface area contributed by atoms with Crippen molar-refractivity contribution in [1.29, 1.82) is 5.41 Å². The first-order valence-electron chi connectivity index (χ1n) is 5.40. The van der Waals surface area contributed by atoms with E-state index in [1.54, 1.807) is 0 Å². The molecule has 0 aliphatic heterocycles. The summed E-state index contributed by atoms with van der Waals surface area (Å²) in [5.74, 6) is 1.56. The van der Waals surface area contributed by atoms with E-state index in [1.807, 2.05) is 38.1 Å². The average molecular weight is 222 g/mol. The summed E-state index contributed by atoms with van der Waals surface area (Å²) in [7, 11) is 0. The smallest absolute Gasteiger partial charge is 0.155 e. The summed E-state index contributed by atoms with van der Waals surface area (Å²) in [6.07, 6.45) is 0.334. The molecule has 0 saturated carbocycles. The van der Waals surface area contributed by atoms with Gasteiger partial charge >= 0.3 is 0 Å². The first-order chi connectivity index (χ1) is 7.67. The quantitative estimate of drug-likeness (QED) is 0.572. The van der Waals surface area contributed by atoms with Crippen molar-refractivity contribution in [2.45, 2.75) is 26.4 Å². The Kier molecular flexibility index (Phi) is 4.64.